The van der Waals surface area contributed by atoms with Crippen LogP contribution in [0.1, 0.15) is 71.6 Å². The van der Waals surface area contributed by atoms with Crippen LogP contribution in [-0.4, -0.2) is 101 Å². The van der Waals surface area contributed by atoms with Crippen molar-refractivity contribution in [2.24, 2.45) is 11.3 Å². The summed E-state index contributed by atoms with van der Waals surface area (Å²) in [6.07, 6.45) is 1.35. The fourth-order valence-corrected chi connectivity index (χ4v) is 6.58. The van der Waals surface area contributed by atoms with Crippen molar-refractivity contribution in [2.75, 3.05) is 38.1 Å². The Morgan fingerprint density at radius 1 is 0.959 bits per heavy atom. The third-order valence-corrected chi connectivity index (χ3v) is 9.32. The molecule has 2 aromatic rings. The minimum atomic E-state index is -1.23. The monoisotopic (exact) mass is 676 g/mol. The van der Waals surface area contributed by atoms with Gasteiger partial charge in [-0.05, 0) is 60.8 Å². The standard InChI is InChI=1S/C37H52N6O6/c1-24(2)31(39-32(44)25(3)43(36(48)49)23-37(4,5)6)34(46)42-21-20-41(35(47)40(7)27-16-9-8-10-17-27)22-30(42)33(45)38-29-19-13-15-26-14-11-12-18-28(26)29/h8-12,14,16-18,24-25,29-31H,13,15,19-23H2,1-7H3,(H,38,45)(H,39,44)(H,48,49)/t25-,29+,30-,31-/m0/s1. The summed E-state index contributed by atoms with van der Waals surface area (Å²) < 4.78 is 0. The van der Waals surface area contributed by atoms with E-state index in [2.05, 4.69) is 16.7 Å². The summed E-state index contributed by atoms with van der Waals surface area (Å²) in [5.74, 6) is -1.81. The molecule has 0 unspecified atom stereocenters. The maximum Gasteiger partial charge on any atom is 0.407 e. The molecule has 4 atom stereocenters. The van der Waals surface area contributed by atoms with Gasteiger partial charge < -0.3 is 25.5 Å². The quantitative estimate of drug-likeness (QED) is 0.357. The molecule has 266 valence electrons. The van der Waals surface area contributed by atoms with Gasteiger partial charge in [0.1, 0.15) is 18.1 Å². The number of anilines is 1. The van der Waals surface area contributed by atoms with Crippen LogP contribution >= 0.6 is 0 Å². The second kappa shape index (κ2) is 15.7. The molecule has 1 fully saturated rings. The highest BCUT2D eigenvalue weighted by atomic mass is 16.4. The van der Waals surface area contributed by atoms with Crippen molar-refractivity contribution in [3.05, 3.63) is 65.7 Å². The summed E-state index contributed by atoms with van der Waals surface area (Å²) in [5, 5.41) is 15.9. The number of hydrogen-bond acceptors (Lipinski definition) is 5. The van der Waals surface area contributed by atoms with Crippen LogP contribution < -0.4 is 15.5 Å². The van der Waals surface area contributed by atoms with Gasteiger partial charge in [0.25, 0.3) is 0 Å². The minimum absolute atomic E-state index is 0.0323. The number of nitrogens with one attached hydrogen (secondary N) is 2. The molecule has 2 aromatic carbocycles. The van der Waals surface area contributed by atoms with Crippen LogP contribution in [0.5, 0.6) is 0 Å². The van der Waals surface area contributed by atoms with Crippen LogP contribution in [0, 0.1) is 11.3 Å². The highest BCUT2D eigenvalue weighted by Crippen LogP contribution is 2.30. The van der Waals surface area contributed by atoms with Crippen LogP contribution in [0.4, 0.5) is 15.3 Å². The second-order valence-electron chi connectivity index (χ2n) is 14.7. The van der Waals surface area contributed by atoms with Gasteiger partial charge in [-0.2, -0.15) is 0 Å². The third kappa shape index (κ3) is 9.10. The number of carboxylic acid groups (broad SMARTS) is 1. The second-order valence-corrected chi connectivity index (χ2v) is 14.7. The molecule has 1 aliphatic heterocycles. The molecule has 12 nitrogen and oxygen atoms in total. The number of carbonyl (C=O) groups excluding carboxylic acids is 4. The zero-order valence-electron chi connectivity index (χ0n) is 29.8. The van der Waals surface area contributed by atoms with Crippen molar-refractivity contribution in [3.8, 4) is 0 Å². The Morgan fingerprint density at radius 3 is 2.24 bits per heavy atom. The Bertz CT molecular complexity index is 1510. The average molecular weight is 677 g/mol. The highest BCUT2D eigenvalue weighted by molar-refractivity contribution is 5.96. The fraction of sp³-hybridized carbons (Fsp3) is 0.541. The SMILES string of the molecule is CC(C)[C@H](NC(=O)[C@H](C)N(CC(C)(C)C)C(=O)O)C(=O)N1CCN(C(=O)N(C)c2ccccc2)C[C@H]1C(=O)N[C@@H]1CCCc2ccccc21. The summed E-state index contributed by atoms with van der Waals surface area (Å²) in [4.78, 5) is 73.5. The Balaban J connectivity index is 1.59. The van der Waals surface area contributed by atoms with Crippen molar-refractivity contribution >= 4 is 35.5 Å². The van der Waals surface area contributed by atoms with Crippen LogP contribution in [0.2, 0.25) is 0 Å². The first-order chi connectivity index (χ1) is 23.1. The fourth-order valence-electron chi connectivity index (χ4n) is 6.58. The summed E-state index contributed by atoms with van der Waals surface area (Å²) >= 11 is 0. The van der Waals surface area contributed by atoms with E-state index >= 15 is 0 Å². The molecule has 6 amide bonds. The molecule has 1 saturated heterocycles. The maximum atomic E-state index is 14.4. The number of benzene rings is 2. The molecular formula is C37H52N6O6. The number of amides is 6. The van der Waals surface area contributed by atoms with E-state index in [9.17, 15) is 29.1 Å². The number of hydrogen-bond donors (Lipinski definition) is 3. The van der Waals surface area contributed by atoms with Crippen LogP contribution in [0.15, 0.2) is 54.6 Å². The molecule has 49 heavy (non-hydrogen) atoms. The summed E-state index contributed by atoms with van der Waals surface area (Å²) in [6, 6.07) is 13.6. The molecule has 1 aliphatic carbocycles. The number of nitrogens with zero attached hydrogens (tertiary/aromatic N) is 4. The molecular weight excluding hydrogens is 624 g/mol. The van der Waals surface area contributed by atoms with E-state index < -0.39 is 41.4 Å². The predicted molar refractivity (Wildman–Crippen MR) is 188 cm³/mol. The third-order valence-electron chi connectivity index (χ3n) is 9.32. The van der Waals surface area contributed by atoms with Crippen molar-refractivity contribution < 1.29 is 29.1 Å². The maximum absolute atomic E-state index is 14.4. The van der Waals surface area contributed by atoms with E-state index in [0.717, 1.165) is 29.7 Å². The predicted octanol–water partition coefficient (Wildman–Crippen LogP) is 4.50. The van der Waals surface area contributed by atoms with Gasteiger partial charge in [0.2, 0.25) is 17.7 Å². The molecule has 1 heterocycles. The van der Waals surface area contributed by atoms with Gasteiger partial charge in [0.15, 0.2) is 0 Å². The molecule has 0 bridgehead atoms. The lowest BCUT2D eigenvalue weighted by atomic mass is 9.87. The Hall–Kier alpha value is -4.61. The number of fused-ring (bicyclic) bond motifs is 1. The van der Waals surface area contributed by atoms with Crippen molar-refractivity contribution in [3.63, 3.8) is 0 Å². The molecule has 0 aromatic heterocycles. The van der Waals surface area contributed by atoms with Crippen molar-refractivity contribution in [2.45, 2.75) is 85.0 Å². The Kier molecular flexibility index (Phi) is 12.0. The Labute approximate surface area is 289 Å². The van der Waals surface area contributed by atoms with E-state index in [1.807, 2.05) is 69.3 Å². The van der Waals surface area contributed by atoms with Crippen LogP contribution in [0.3, 0.4) is 0 Å². The number of piperazine rings is 1. The molecule has 2 aliphatic rings. The van der Waals surface area contributed by atoms with E-state index in [1.165, 1.54) is 22.3 Å². The molecule has 0 spiro atoms. The first-order valence-corrected chi connectivity index (χ1v) is 17.1. The smallest absolute Gasteiger partial charge is 0.407 e. The van der Waals surface area contributed by atoms with Crippen LogP contribution in [-0.2, 0) is 20.8 Å². The first kappa shape index (κ1) is 37.2. The van der Waals surface area contributed by atoms with Gasteiger partial charge in [-0.1, -0.05) is 77.1 Å². The first-order valence-electron chi connectivity index (χ1n) is 17.1. The number of aryl methyl sites for hydroxylation is 1. The van der Waals surface area contributed by atoms with E-state index in [0.29, 0.717) is 5.69 Å². The number of para-hydroxylation sites is 1. The van der Waals surface area contributed by atoms with Gasteiger partial charge in [0.05, 0.1) is 12.6 Å². The zero-order valence-corrected chi connectivity index (χ0v) is 29.8. The molecule has 0 saturated carbocycles. The topological polar surface area (TPSA) is 143 Å². The molecule has 12 heteroatoms. The molecule has 0 radical (unpaired) electrons. The van der Waals surface area contributed by atoms with Gasteiger partial charge in [0, 0.05) is 32.4 Å². The summed E-state index contributed by atoms with van der Waals surface area (Å²) in [5.41, 5.74) is 2.53. The summed E-state index contributed by atoms with van der Waals surface area (Å²) in [6.45, 7) is 11.1. The number of rotatable bonds is 9. The average Bonchev–Trinajstić information content (AvgIpc) is 3.07. The lowest BCUT2D eigenvalue weighted by Gasteiger charge is -2.43. The number of carbonyl (C=O) groups is 5. The number of urea groups is 1. The van der Waals surface area contributed by atoms with E-state index in [-0.39, 0.29) is 50.1 Å². The largest absolute Gasteiger partial charge is 0.465 e. The minimum Gasteiger partial charge on any atom is -0.465 e. The highest BCUT2D eigenvalue weighted by Gasteiger charge is 2.42. The van der Waals surface area contributed by atoms with Crippen LogP contribution in [0.25, 0.3) is 0 Å². The lowest BCUT2D eigenvalue weighted by Crippen LogP contribution is -2.66. The van der Waals surface area contributed by atoms with Gasteiger partial charge >= 0.3 is 12.1 Å². The zero-order chi connectivity index (χ0) is 36.0. The summed E-state index contributed by atoms with van der Waals surface area (Å²) in [7, 11) is 1.68. The van der Waals surface area contributed by atoms with Gasteiger partial charge in [-0.25, -0.2) is 9.59 Å². The molecule has 4 rings (SSSR count). The van der Waals surface area contributed by atoms with Gasteiger partial charge in [-0.15, -0.1) is 0 Å². The lowest BCUT2D eigenvalue weighted by molar-refractivity contribution is -0.147. The molecule has 3 N–H and O–H groups in total. The van der Waals surface area contributed by atoms with Gasteiger partial charge in [-0.3, -0.25) is 24.2 Å². The van der Waals surface area contributed by atoms with E-state index in [1.54, 1.807) is 25.8 Å². The van der Waals surface area contributed by atoms with Crippen molar-refractivity contribution in [1.82, 2.24) is 25.3 Å². The normalized spacial score (nSPS) is 18.9. The Morgan fingerprint density at radius 2 is 1.61 bits per heavy atom. The van der Waals surface area contributed by atoms with Crippen molar-refractivity contribution in [1.29, 1.82) is 0 Å². The van der Waals surface area contributed by atoms with E-state index in [4.69, 9.17) is 0 Å².